The van der Waals surface area contributed by atoms with Gasteiger partial charge in [-0.1, -0.05) is 0 Å². The molecule has 2 N–H and O–H groups in total. The molecule has 2 saturated heterocycles. The van der Waals surface area contributed by atoms with Crippen molar-refractivity contribution < 1.29 is 4.79 Å². The summed E-state index contributed by atoms with van der Waals surface area (Å²) in [5.41, 5.74) is 2.25. The van der Waals surface area contributed by atoms with Crippen LogP contribution in [0.4, 0.5) is 4.79 Å². The second-order valence-electron chi connectivity index (χ2n) is 9.12. The van der Waals surface area contributed by atoms with E-state index in [9.17, 15) is 14.4 Å². The minimum atomic E-state index is -0.197. The average Bonchev–Trinajstić information content (AvgIpc) is 3.38. The molecule has 0 radical (unpaired) electrons. The number of imidazole rings is 2. The van der Waals surface area contributed by atoms with Gasteiger partial charge in [-0.2, -0.15) is 0 Å². The molecule has 2 amide bonds. The Balaban J connectivity index is 1.23. The summed E-state index contributed by atoms with van der Waals surface area (Å²) in [5.74, 6) is 0. The number of rotatable bonds is 2. The fourth-order valence-electron chi connectivity index (χ4n) is 5.47. The molecule has 6 rings (SSSR count). The van der Waals surface area contributed by atoms with Gasteiger partial charge in [0.25, 0.3) is 0 Å². The number of nitrogens with one attached hydrogen (secondary N) is 2. The number of aromatic amines is 2. The van der Waals surface area contributed by atoms with E-state index < -0.39 is 0 Å². The summed E-state index contributed by atoms with van der Waals surface area (Å²) in [6, 6.07) is 6.95. The number of fused-ring (bicyclic) bond motifs is 2. The molecule has 2 unspecified atom stereocenters. The molecular weight excluding hydrogens is 436 g/mol. The molecule has 11 nitrogen and oxygen atoms in total. The van der Waals surface area contributed by atoms with E-state index in [1.54, 1.807) is 33.7 Å². The topological polar surface area (TPSA) is 125 Å². The predicted molar refractivity (Wildman–Crippen MR) is 126 cm³/mol. The monoisotopic (exact) mass is 462 g/mol. The normalized spacial score (nSPS) is 21.4. The van der Waals surface area contributed by atoms with Crippen LogP contribution in [0.1, 0.15) is 37.8 Å². The van der Waals surface area contributed by atoms with Gasteiger partial charge in [-0.05, 0) is 49.9 Å². The molecule has 2 aliphatic rings. The number of amides is 2. The number of pyridine rings is 2. The van der Waals surface area contributed by atoms with Crippen LogP contribution in [0.15, 0.2) is 46.2 Å². The van der Waals surface area contributed by atoms with Crippen LogP contribution < -0.4 is 11.4 Å². The van der Waals surface area contributed by atoms with Crippen molar-refractivity contribution in [1.29, 1.82) is 0 Å². The van der Waals surface area contributed by atoms with Gasteiger partial charge in [-0.15, -0.1) is 0 Å². The van der Waals surface area contributed by atoms with E-state index in [1.807, 2.05) is 21.9 Å². The van der Waals surface area contributed by atoms with Gasteiger partial charge in [0.1, 0.15) is 0 Å². The summed E-state index contributed by atoms with van der Waals surface area (Å²) in [7, 11) is 0. The van der Waals surface area contributed by atoms with Crippen LogP contribution >= 0.6 is 0 Å². The molecule has 34 heavy (non-hydrogen) atoms. The average molecular weight is 463 g/mol. The number of hydrogen-bond donors (Lipinski definition) is 2. The Morgan fingerprint density at radius 2 is 1.26 bits per heavy atom. The van der Waals surface area contributed by atoms with Gasteiger partial charge in [0, 0.05) is 38.6 Å². The van der Waals surface area contributed by atoms with Crippen molar-refractivity contribution in [3.05, 3.63) is 57.6 Å². The summed E-state index contributed by atoms with van der Waals surface area (Å²) >= 11 is 0. The van der Waals surface area contributed by atoms with Crippen molar-refractivity contribution in [2.24, 2.45) is 0 Å². The quantitative estimate of drug-likeness (QED) is 0.470. The van der Waals surface area contributed by atoms with Crippen molar-refractivity contribution in [2.75, 3.05) is 26.2 Å². The molecule has 4 aromatic heterocycles. The Bertz CT molecular complexity index is 1370. The van der Waals surface area contributed by atoms with Crippen molar-refractivity contribution in [3.63, 3.8) is 0 Å². The fraction of sp³-hybridized carbons (Fsp3) is 0.435. The molecule has 2 atom stereocenters. The highest BCUT2D eigenvalue weighted by molar-refractivity contribution is 5.75. The third-order valence-corrected chi connectivity index (χ3v) is 7.01. The van der Waals surface area contributed by atoms with E-state index in [4.69, 9.17) is 0 Å². The Morgan fingerprint density at radius 1 is 0.794 bits per heavy atom. The summed E-state index contributed by atoms with van der Waals surface area (Å²) in [6.45, 7) is 2.21. The van der Waals surface area contributed by atoms with Gasteiger partial charge in [0.05, 0.1) is 23.1 Å². The van der Waals surface area contributed by atoms with Crippen molar-refractivity contribution in [3.8, 4) is 0 Å². The molecule has 2 fully saturated rings. The van der Waals surface area contributed by atoms with Crippen LogP contribution in [0.2, 0.25) is 0 Å². The van der Waals surface area contributed by atoms with Crippen LogP contribution in [0.5, 0.6) is 0 Å². The first-order chi connectivity index (χ1) is 16.6. The first-order valence-corrected chi connectivity index (χ1v) is 11.7. The lowest BCUT2D eigenvalue weighted by Gasteiger charge is -2.39. The molecule has 2 aliphatic heterocycles. The number of carbonyl (C=O) groups is 1. The molecule has 0 spiro atoms. The van der Waals surface area contributed by atoms with Crippen LogP contribution in [-0.2, 0) is 0 Å². The highest BCUT2D eigenvalue weighted by Crippen LogP contribution is 2.27. The molecule has 0 bridgehead atoms. The molecule has 0 aromatic carbocycles. The summed E-state index contributed by atoms with van der Waals surface area (Å²) < 4.78 is 3.37. The second kappa shape index (κ2) is 8.15. The first-order valence-electron chi connectivity index (χ1n) is 11.7. The lowest BCUT2D eigenvalue weighted by Crippen LogP contribution is -2.51. The Kier molecular flexibility index (Phi) is 4.96. The molecule has 11 heteroatoms. The van der Waals surface area contributed by atoms with E-state index in [0.29, 0.717) is 48.5 Å². The predicted octanol–water partition coefficient (Wildman–Crippen LogP) is 1.86. The van der Waals surface area contributed by atoms with Gasteiger partial charge in [0.2, 0.25) is 0 Å². The van der Waals surface area contributed by atoms with Gasteiger partial charge >= 0.3 is 17.4 Å². The molecular formula is C23H26N8O3. The van der Waals surface area contributed by atoms with Crippen LogP contribution in [0.3, 0.4) is 0 Å². The number of nitrogens with zero attached hydrogens (tertiary/aromatic N) is 6. The van der Waals surface area contributed by atoms with E-state index in [1.165, 1.54) is 0 Å². The highest BCUT2D eigenvalue weighted by atomic mass is 16.2. The number of urea groups is 1. The van der Waals surface area contributed by atoms with Crippen LogP contribution in [-0.4, -0.2) is 71.1 Å². The van der Waals surface area contributed by atoms with E-state index in [2.05, 4.69) is 19.9 Å². The summed E-state index contributed by atoms with van der Waals surface area (Å²) in [6.07, 6.45) is 6.59. The minimum Gasteiger partial charge on any atom is -0.323 e. The number of piperidine rings is 2. The van der Waals surface area contributed by atoms with E-state index in [-0.39, 0.29) is 29.5 Å². The fourth-order valence-corrected chi connectivity index (χ4v) is 5.47. The largest absolute Gasteiger partial charge is 0.327 e. The Hall–Kier alpha value is -3.89. The molecule has 0 aliphatic carbocycles. The molecule has 0 saturated carbocycles. The third-order valence-electron chi connectivity index (χ3n) is 7.01. The minimum absolute atomic E-state index is 0.0453. The number of H-pyrrole nitrogens is 2. The SMILES string of the molecule is O=C(N1CCCC(n2c(=O)[nH]c3cccnc32)C1)N1CCCC(n2c(=O)[nH]c3cccnc32)C1. The number of likely N-dealkylation sites (tertiary alicyclic amines) is 2. The van der Waals surface area contributed by atoms with Crippen LogP contribution in [0.25, 0.3) is 22.3 Å². The van der Waals surface area contributed by atoms with Crippen molar-refractivity contribution >= 4 is 28.4 Å². The van der Waals surface area contributed by atoms with Crippen molar-refractivity contribution in [2.45, 2.75) is 37.8 Å². The maximum absolute atomic E-state index is 13.5. The zero-order valence-corrected chi connectivity index (χ0v) is 18.7. The lowest BCUT2D eigenvalue weighted by atomic mass is 10.0. The second-order valence-corrected chi connectivity index (χ2v) is 9.12. The van der Waals surface area contributed by atoms with E-state index >= 15 is 0 Å². The Labute approximate surface area is 194 Å². The zero-order chi connectivity index (χ0) is 23.2. The number of aromatic nitrogens is 6. The highest BCUT2D eigenvalue weighted by Gasteiger charge is 2.33. The van der Waals surface area contributed by atoms with Gasteiger partial charge in [-0.25, -0.2) is 24.4 Å². The summed E-state index contributed by atoms with van der Waals surface area (Å²) in [5, 5.41) is 0. The van der Waals surface area contributed by atoms with Gasteiger partial charge in [0.15, 0.2) is 11.3 Å². The standard InChI is InChI=1S/C23H26N8O3/c32-21-26-17-7-1-9-24-19(17)30(21)15-5-3-11-28(13-15)23(34)29-12-4-6-16(14-29)31-20-18(27-22(31)33)8-2-10-25-20/h1-2,7-10,15-16H,3-6,11-14H2,(H,26,32)(H,27,33). The Morgan fingerprint density at radius 3 is 1.74 bits per heavy atom. The third kappa shape index (κ3) is 3.39. The maximum Gasteiger partial charge on any atom is 0.327 e. The van der Waals surface area contributed by atoms with Crippen LogP contribution in [0, 0.1) is 0 Å². The number of hydrogen-bond acceptors (Lipinski definition) is 5. The molecule has 176 valence electrons. The van der Waals surface area contributed by atoms with Gasteiger partial charge in [-0.3, -0.25) is 9.13 Å². The first kappa shape index (κ1) is 20.7. The van der Waals surface area contributed by atoms with Gasteiger partial charge < -0.3 is 19.8 Å². The lowest BCUT2D eigenvalue weighted by molar-refractivity contribution is 0.111. The number of carbonyl (C=O) groups excluding carboxylic acids is 1. The van der Waals surface area contributed by atoms with E-state index in [0.717, 1.165) is 25.7 Å². The zero-order valence-electron chi connectivity index (χ0n) is 18.7. The smallest absolute Gasteiger partial charge is 0.323 e. The maximum atomic E-state index is 13.5. The summed E-state index contributed by atoms with van der Waals surface area (Å²) in [4.78, 5) is 57.0. The molecule has 4 aromatic rings. The molecule has 6 heterocycles. The van der Waals surface area contributed by atoms with Crippen molar-refractivity contribution in [1.82, 2.24) is 38.9 Å².